The molecular weight excluding hydrogens is 458 g/mol. The summed E-state index contributed by atoms with van der Waals surface area (Å²) >= 11 is 0. The van der Waals surface area contributed by atoms with Gasteiger partial charge < -0.3 is 20.0 Å². The van der Waals surface area contributed by atoms with E-state index in [4.69, 9.17) is 5.11 Å². The summed E-state index contributed by atoms with van der Waals surface area (Å²) in [5.41, 5.74) is 3.26. The molecule has 0 spiro atoms. The topological polar surface area (TPSA) is 129 Å². The van der Waals surface area contributed by atoms with Gasteiger partial charge in [0.25, 0.3) is 0 Å². The summed E-state index contributed by atoms with van der Waals surface area (Å²) in [6.45, 7) is 3.01. The molecule has 4 heterocycles. The van der Waals surface area contributed by atoms with Crippen LogP contribution in [0.15, 0.2) is 61.4 Å². The third-order valence-electron chi connectivity index (χ3n) is 6.05. The first-order chi connectivity index (χ1) is 17.7. The van der Waals surface area contributed by atoms with Crippen molar-refractivity contribution in [2.75, 3.05) is 42.6 Å². The molecule has 1 aromatic carbocycles. The lowest BCUT2D eigenvalue weighted by Crippen LogP contribution is -2.47. The molecule has 11 heteroatoms. The number of hydrogen-bond donors (Lipinski definition) is 2. The minimum absolute atomic E-state index is 0.239. The van der Waals surface area contributed by atoms with Gasteiger partial charge in [0.2, 0.25) is 11.9 Å². The van der Waals surface area contributed by atoms with E-state index < -0.39 is 6.10 Å². The number of aliphatic hydroxyl groups is 2. The number of rotatable bonds is 9. The molecule has 1 aliphatic heterocycles. The third-order valence-corrected chi connectivity index (χ3v) is 6.05. The first kappa shape index (κ1) is 23.8. The molecule has 0 bridgehead atoms. The summed E-state index contributed by atoms with van der Waals surface area (Å²) in [5.74, 6) is 2.05. The lowest BCUT2D eigenvalue weighted by Gasteiger charge is -2.34. The van der Waals surface area contributed by atoms with E-state index >= 15 is 0 Å². The maximum atomic E-state index is 9.59. The van der Waals surface area contributed by atoms with Gasteiger partial charge >= 0.3 is 0 Å². The van der Waals surface area contributed by atoms with Crippen molar-refractivity contribution in [1.29, 1.82) is 0 Å². The fourth-order valence-corrected chi connectivity index (χ4v) is 4.15. The average Bonchev–Trinajstić information content (AvgIpc) is 3.36. The summed E-state index contributed by atoms with van der Waals surface area (Å²) in [6.07, 6.45) is 9.40. The fourth-order valence-electron chi connectivity index (χ4n) is 4.15. The molecule has 1 fully saturated rings. The van der Waals surface area contributed by atoms with Crippen molar-refractivity contribution in [2.45, 2.75) is 25.5 Å². The second kappa shape index (κ2) is 11.2. The molecule has 2 N–H and O–H groups in total. The van der Waals surface area contributed by atoms with E-state index in [0.717, 1.165) is 49.7 Å². The van der Waals surface area contributed by atoms with Gasteiger partial charge in [-0.1, -0.05) is 30.3 Å². The number of hydrogen-bond acceptors (Lipinski definition) is 10. The quantitative estimate of drug-likeness (QED) is 0.348. The van der Waals surface area contributed by atoms with Crippen molar-refractivity contribution in [3.8, 4) is 0 Å². The predicted molar refractivity (Wildman–Crippen MR) is 134 cm³/mol. The van der Waals surface area contributed by atoms with Crippen molar-refractivity contribution in [3.05, 3.63) is 84.0 Å². The maximum absolute atomic E-state index is 9.59. The molecule has 1 aliphatic rings. The minimum atomic E-state index is -0.835. The van der Waals surface area contributed by atoms with E-state index in [2.05, 4.69) is 52.0 Å². The largest absolute Gasteiger partial charge is 0.394 e. The van der Waals surface area contributed by atoms with Crippen molar-refractivity contribution in [1.82, 2.24) is 34.7 Å². The molecular formula is C25H29N9O2. The highest BCUT2D eigenvalue weighted by molar-refractivity contribution is 5.38. The zero-order chi connectivity index (χ0) is 24.7. The van der Waals surface area contributed by atoms with Gasteiger partial charge in [-0.05, 0) is 16.7 Å². The molecule has 1 unspecified atom stereocenters. The van der Waals surface area contributed by atoms with Gasteiger partial charge in [0.05, 0.1) is 25.5 Å². The molecule has 5 rings (SSSR count). The smallest absolute Gasteiger partial charge is 0.228 e. The number of anilines is 2. The molecule has 36 heavy (non-hydrogen) atoms. The van der Waals surface area contributed by atoms with Crippen molar-refractivity contribution in [3.63, 3.8) is 0 Å². The van der Waals surface area contributed by atoms with Crippen molar-refractivity contribution in [2.24, 2.45) is 0 Å². The van der Waals surface area contributed by atoms with Crippen LogP contribution < -0.4 is 9.80 Å². The second-order valence-electron chi connectivity index (χ2n) is 8.81. The Kier molecular flexibility index (Phi) is 7.39. The summed E-state index contributed by atoms with van der Waals surface area (Å²) < 4.78 is 1.60. The number of benzene rings is 1. The lowest BCUT2D eigenvalue weighted by atomic mass is 10.1. The Morgan fingerprint density at radius 2 is 1.50 bits per heavy atom. The molecule has 186 valence electrons. The Morgan fingerprint density at radius 3 is 2.22 bits per heavy atom. The van der Waals surface area contributed by atoms with Crippen molar-refractivity contribution < 1.29 is 10.2 Å². The summed E-state index contributed by atoms with van der Waals surface area (Å²) in [6, 6.07) is 10.3. The van der Waals surface area contributed by atoms with Crippen LogP contribution in [0.1, 0.15) is 22.5 Å². The number of piperazine rings is 1. The molecule has 1 saturated heterocycles. The monoisotopic (exact) mass is 487 g/mol. The van der Waals surface area contributed by atoms with Crippen LogP contribution in [-0.2, 0) is 19.4 Å². The Balaban J connectivity index is 1.15. The summed E-state index contributed by atoms with van der Waals surface area (Å²) in [4.78, 5) is 26.9. The van der Waals surface area contributed by atoms with E-state index in [9.17, 15) is 5.11 Å². The van der Waals surface area contributed by atoms with Crippen LogP contribution in [0.25, 0.3) is 0 Å². The molecule has 0 aliphatic carbocycles. The van der Waals surface area contributed by atoms with Gasteiger partial charge in [0.1, 0.15) is 12.2 Å². The number of aromatic nitrogens is 7. The predicted octanol–water partition coefficient (Wildman–Crippen LogP) is 0.719. The highest BCUT2D eigenvalue weighted by Gasteiger charge is 2.21. The molecule has 0 amide bonds. The first-order valence-electron chi connectivity index (χ1n) is 12.0. The van der Waals surface area contributed by atoms with Crippen LogP contribution in [0.4, 0.5) is 11.9 Å². The van der Waals surface area contributed by atoms with Crippen LogP contribution in [-0.4, -0.2) is 83.8 Å². The van der Waals surface area contributed by atoms with Gasteiger partial charge in [-0.15, -0.1) is 0 Å². The van der Waals surface area contributed by atoms with E-state index in [-0.39, 0.29) is 13.2 Å². The molecule has 4 aromatic rings. The molecule has 1 atom stereocenters. The van der Waals surface area contributed by atoms with Crippen LogP contribution >= 0.6 is 0 Å². The van der Waals surface area contributed by atoms with Crippen molar-refractivity contribution >= 4 is 11.9 Å². The van der Waals surface area contributed by atoms with E-state index in [1.807, 2.05) is 36.8 Å². The Morgan fingerprint density at radius 1 is 0.778 bits per heavy atom. The van der Waals surface area contributed by atoms with Gasteiger partial charge in [-0.25, -0.2) is 19.9 Å². The zero-order valence-electron chi connectivity index (χ0n) is 19.9. The van der Waals surface area contributed by atoms with Gasteiger partial charge in [0.15, 0.2) is 0 Å². The summed E-state index contributed by atoms with van der Waals surface area (Å²) in [5, 5.41) is 22.8. The molecule has 0 radical (unpaired) electrons. The Hall–Kier alpha value is -3.96. The highest BCUT2D eigenvalue weighted by atomic mass is 16.3. The van der Waals surface area contributed by atoms with Crippen LogP contribution in [0.3, 0.4) is 0 Å². The van der Waals surface area contributed by atoms with Gasteiger partial charge in [-0.3, -0.25) is 4.68 Å². The zero-order valence-corrected chi connectivity index (χ0v) is 19.9. The van der Waals surface area contributed by atoms with E-state index in [1.165, 1.54) is 5.56 Å². The van der Waals surface area contributed by atoms with Gasteiger partial charge in [0, 0.05) is 57.6 Å². The van der Waals surface area contributed by atoms with Crippen LogP contribution in [0, 0.1) is 0 Å². The van der Waals surface area contributed by atoms with E-state index in [0.29, 0.717) is 18.2 Å². The number of nitrogens with zero attached hydrogens (tertiary/aromatic N) is 9. The van der Waals surface area contributed by atoms with Crippen LogP contribution in [0.5, 0.6) is 0 Å². The average molecular weight is 488 g/mol. The first-order valence-corrected chi connectivity index (χ1v) is 12.0. The summed E-state index contributed by atoms with van der Waals surface area (Å²) in [7, 11) is 0. The Labute approximate surface area is 209 Å². The lowest BCUT2D eigenvalue weighted by molar-refractivity contribution is 0.0782. The second-order valence-corrected chi connectivity index (χ2v) is 8.81. The minimum Gasteiger partial charge on any atom is -0.394 e. The highest BCUT2D eigenvalue weighted by Crippen LogP contribution is 2.16. The SMILES string of the molecule is OCC(O)Cn1cc(Cc2ncnc(N3CCN(c4ncc(Cc5ccccc5)cn4)CC3)n2)cn1. The standard InChI is InChI=1S/C25H29N9O2/c35-17-22(36)16-34-15-21(14-30-34)11-23-28-18-29-25(31-23)33-8-6-32(7-9-33)24-26-12-20(13-27-24)10-19-4-2-1-3-5-19/h1-5,12-15,18,22,35-36H,6-11,16-17H2. The number of aliphatic hydroxyl groups excluding tert-OH is 2. The van der Waals surface area contributed by atoms with E-state index in [1.54, 1.807) is 17.2 Å². The molecule has 0 saturated carbocycles. The fraction of sp³-hybridized carbons (Fsp3) is 0.360. The molecule has 3 aromatic heterocycles. The van der Waals surface area contributed by atoms with Gasteiger partial charge in [-0.2, -0.15) is 10.1 Å². The maximum Gasteiger partial charge on any atom is 0.228 e. The normalized spacial score (nSPS) is 14.7. The third kappa shape index (κ3) is 5.99. The Bertz CT molecular complexity index is 1240. The van der Waals surface area contributed by atoms with Crippen LogP contribution in [0.2, 0.25) is 0 Å². The molecule has 11 nitrogen and oxygen atoms in total.